The average molecular weight is 849 g/mol. The Kier molecular flexibility index (Phi) is 11.9. The number of aryl methyl sites for hydroxylation is 2. The Balaban J connectivity index is 0.900. The van der Waals surface area contributed by atoms with E-state index in [2.05, 4.69) is 31.7 Å². The molecule has 63 heavy (non-hydrogen) atoms. The third kappa shape index (κ3) is 9.29. The molecule has 2 saturated carbocycles. The van der Waals surface area contributed by atoms with Crippen molar-refractivity contribution in [2.45, 2.75) is 90.1 Å². The lowest BCUT2D eigenvalue weighted by molar-refractivity contribution is 0.0946. The number of furan rings is 2. The number of rotatable bonds is 13. The molecular weight excluding hydrogens is 799 g/mol. The highest BCUT2D eigenvalue weighted by Crippen LogP contribution is 2.34. The Morgan fingerprint density at radius 3 is 1.49 bits per heavy atom. The van der Waals surface area contributed by atoms with Crippen molar-refractivity contribution in [2.24, 2.45) is 10.2 Å². The molecule has 2 fully saturated rings. The van der Waals surface area contributed by atoms with Crippen molar-refractivity contribution in [3.05, 3.63) is 113 Å². The zero-order valence-electron chi connectivity index (χ0n) is 35.2. The van der Waals surface area contributed by atoms with E-state index in [0.717, 1.165) is 74.5 Å². The monoisotopic (exact) mass is 848 g/mol. The molecule has 6 N–H and O–H groups in total. The molecule has 2 amide bonds. The van der Waals surface area contributed by atoms with E-state index in [1.807, 2.05) is 46.9 Å². The van der Waals surface area contributed by atoms with E-state index < -0.39 is 18.9 Å². The minimum Gasteiger partial charge on any atom is -0.460 e. The number of hydrazone groups is 2. The Hall–Kier alpha value is -6.98. The summed E-state index contributed by atoms with van der Waals surface area (Å²) in [5.41, 5.74) is 9.59. The van der Waals surface area contributed by atoms with E-state index in [1.54, 1.807) is 42.7 Å². The van der Waals surface area contributed by atoms with Gasteiger partial charge < -0.3 is 29.5 Å². The third-order valence-electron chi connectivity index (χ3n) is 11.7. The smallest absolute Gasteiger partial charge is 0.460 e. The Morgan fingerprint density at radius 1 is 0.651 bits per heavy atom. The zero-order valence-corrected chi connectivity index (χ0v) is 35.2. The van der Waals surface area contributed by atoms with Gasteiger partial charge in [-0.15, -0.1) is 0 Å². The van der Waals surface area contributed by atoms with Crippen LogP contribution in [0, 0.1) is 13.8 Å². The second kappa shape index (κ2) is 18.2. The number of pyridine rings is 2. The maximum Gasteiger partial charge on any atom is 0.488 e. The molecule has 0 atom stereocenters. The fourth-order valence-corrected chi connectivity index (χ4v) is 8.44. The molecule has 2 aliphatic rings. The van der Waals surface area contributed by atoms with Gasteiger partial charge in [-0.05, 0) is 111 Å². The summed E-state index contributed by atoms with van der Waals surface area (Å²) in [6.07, 6.45) is 17.5. The maximum absolute atomic E-state index is 13.4. The van der Waals surface area contributed by atoms with Gasteiger partial charge in [-0.25, -0.2) is 20.8 Å². The molecule has 2 aliphatic carbocycles. The van der Waals surface area contributed by atoms with Crippen molar-refractivity contribution >= 4 is 59.8 Å². The maximum atomic E-state index is 13.4. The van der Waals surface area contributed by atoms with E-state index in [9.17, 15) is 19.6 Å². The Morgan fingerprint density at radius 2 is 1.10 bits per heavy atom. The SMILES string of the molecule is Cc1ccc(-c2nc3ccc(C(=O)N/N=C/c4cc(/C=N/NC(=O)c5ccc6nc(-c7ccc(C)o7)c(NC7CCCCC7)n6c5)cc(B(O)O)c4)cn3c2NC2CCCCC2)o1. The summed E-state index contributed by atoms with van der Waals surface area (Å²) in [6.45, 7) is 3.78. The van der Waals surface area contributed by atoms with Gasteiger partial charge in [0.05, 0.1) is 23.6 Å². The number of nitrogens with one attached hydrogen (secondary N) is 4. The van der Waals surface area contributed by atoms with Gasteiger partial charge in [-0.1, -0.05) is 50.7 Å². The van der Waals surface area contributed by atoms with Crippen LogP contribution in [0.5, 0.6) is 0 Å². The molecule has 0 aliphatic heterocycles. The summed E-state index contributed by atoms with van der Waals surface area (Å²) in [5, 5.41) is 35.8. The molecule has 6 heterocycles. The molecule has 6 aromatic heterocycles. The predicted octanol–water partition coefficient (Wildman–Crippen LogP) is 6.82. The Labute approximate surface area is 363 Å². The fraction of sp³-hybridized carbons (Fsp3) is 0.304. The third-order valence-corrected chi connectivity index (χ3v) is 11.7. The van der Waals surface area contributed by atoms with Crippen LogP contribution in [-0.2, 0) is 0 Å². The van der Waals surface area contributed by atoms with Crippen LogP contribution < -0.4 is 26.9 Å². The first-order valence-electron chi connectivity index (χ1n) is 21.5. The summed E-state index contributed by atoms with van der Waals surface area (Å²) < 4.78 is 15.7. The molecule has 0 unspecified atom stereocenters. The lowest BCUT2D eigenvalue weighted by Crippen LogP contribution is -2.30. The molecule has 1 aromatic carbocycles. The van der Waals surface area contributed by atoms with Crippen LogP contribution in [0.4, 0.5) is 11.6 Å². The first-order chi connectivity index (χ1) is 30.6. The number of amides is 2. The van der Waals surface area contributed by atoms with Crippen LogP contribution in [0.25, 0.3) is 34.2 Å². The number of hydrogen-bond donors (Lipinski definition) is 6. The zero-order chi connectivity index (χ0) is 43.5. The van der Waals surface area contributed by atoms with Crippen molar-refractivity contribution in [2.75, 3.05) is 10.6 Å². The lowest BCUT2D eigenvalue weighted by atomic mass is 9.79. The van der Waals surface area contributed by atoms with Crippen LogP contribution in [0.15, 0.2) is 98.2 Å². The summed E-state index contributed by atoms with van der Waals surface area (Å²) in [6, 6.07) is 19.8. The highest BCUT2D eigenvalue weighted by atomic mass is 16.4. The molecule has 0 bridgehead atoms. The second-order valence-corrected chi connectivity index (χ2v) is 16.4. The minimum atomic E-state index is -1.80. The number of carbonyl (C=O) groups is 2. The van der Waals surface area contributed by atoms with Gasteiger partial charge in [0.1, 0.15) is 45.8 Å². The van der Waals surface area contributed by atoms with Crippen molar-refractivity contribution < 1.29 is 28.5 Å². The second-order valence-electron chi connectivity index (χ2n) is 16.4. The quantitative estimate of drug-likeness (QED) is 0.0406. The molecule has 16 nitrogen and oxygen atoms in total. The van der Waals surface area contributed by atoms with Gasteiger partial charge in [-0.2, -0.15) is 10.2 Å². The van der Waals surface area contributed by atoms with Gasteiger partial charge in [-0.3, -0.25) is 18.4 Å². The van der Waals surface area contributed by atoms with E-state index in [0.29, 0.717) is 56.5 Å². The molecular formula is C46H49BN10O6. The molecule has 9 rings (SSSR count). The largest absolute Gasteiger partial charge is 0.488 e. The van der Waals surface area contributed by atoms with Gasteiger partial charge in [0.25, 0.3) is 11.8 Å². The standard InChI is InChI=1S/C46H49BN10O6/c1-28-13-17-37(62-28)41-43(50-35-9-5-3-6-10-35)56-26-32(15-19-39(56)52-41)45(58)54-48-24-30-21-31(23-34(22-30)47(60)61)25-49-55-46(59)33-16-20-40-53-42(38-18-14-29(2)63-38)44(57(40)27-33)51-36-11-7-4-8-12-36/h13-27,35-36,50-51,60-61H,3-12H2,1-2H3,(H,54,58)(H,55,59)/b48-24+,49-25+. The average Bonchev–Trinajstić information content (AvgIpc) is 4.09. The van der Waals surface area contributed by atoms with Crippen LogP contribution >= 0.6 is 0 Å². The predicted molar refractivity (Wildman–Crippen MR) is 243 cm³/mol. The highest BCUT2D eigenvalue weighted by molar-refractivity contribution is 6.58. The van der Waals surface area contributed by atoms with E-state index in [4.69, 9.17) is 18.8 Å². The van der Waals surface area contributed by atoms with Crippen molar-refractivity contribution in [3.8, 4) is 22.9 Å². The molecule has 0 spiro atoms. The molecule has 0 saturated heterocycles. The molecule has 0 radical (unpaired) electrons. The van der Waals surface area contributed by atoms with E-state index in [1.165, 1.54) is 37.4 Å². The summed E-state index contributed by atoms with van der Waals surface area (Å²) in [5.74, 6) is 3.46. The lowest BCUT2D eigenvalue weighted by Gasteiger charge is -2.24. The van der Waals surface area contributed by atoms with Crippen LogP contribution in [0.1, 0.15) is 108 Å². The molecule has 322 valence electrons. The number of benzene rings is 1. The fourth-order valence-electron chi connectivity index (χ4n) is 8.44. The first kappa shape index (κ1) is 41.4. The summed E-state index contributed by atoms with van der Waals surface area (Å²) in [4.78, 5) is 36.5. The van der Waals surface area contributed by atoms with Gasteiger partial charge in [0.2, 0.25) is 0 Å². The highest BCUT2D eigenvalue weighted by Gasteiger charge is 2.24. The van der Waals surface area contributed by atoms with Crippen LogP contribution in [0.3, 0.4) is 0 Å². The number of aromatic nitrogens is 4. The van der Waals surface area contributed by atoms with E-state index >= 15 is 0 Å². The van der Waals surface area contributed by atoms with Gasteiger partial charge >= 0.3 is 7.12 Å². The number of fused-ring (bicyclic) bond motifs is 2. The van der Waals surface area contributed by atoms with Crippen molar-refractivity contribution in [1.29, 1.82) is 0 Å². The van der Waals surface area contributed by atoms with Crippen LogP contribution in [0.2, 0.25) is 0 Å². The summed E-state index contributed by atoms with van der Waals surface area (Å²) in [7, 11) is -1.80. The number of hydrogen-bond acceptors (Lipinski definition) is 12. The topological polar surface area (TPSA) is 208 Å². The van der Waals surface area contributed by atoms with Gasteiger partial charge in [0, 0.05) is 24.5 Å². The Bertz CT molecular complexity index is 2660. The van der Waals surface area contributed by atoms with Gasteiger partial charge in [0.15, 0.2) is 11.5 Å². The summed E-state index contributed by atoms with van der Waals surface area (Å²) >= 11 is 0. The number of anilines is 2. The number of nitrogens with zero attached hydrogens (tertiary/aromatic N) is 6. The normalized spacial score (nSPS) is 15.2. The number of carbonyl (C=O) groups excluding carboxylic acids is 2. The van der Waals surface area contributed by atoms with Crippen molar-refractivity contribution in [1.82, 2.24) is 29.6 Å². The molecule has 7 aromatic rings. The van der Waals surface area contributed by atoms with Crippen molar-refractivity contribution in [3.63, 3.8) is 0 Å². The number of imidazole rings is 2. The first-order valence-corrected chi connectivity index (χ1v) is 21.5. The van der Waals surface area contributed by atoms with Crippen LogP contribution in [-0.4, -0.2) is 72.3 Å². The minimum absolute atomic E-state index is 0.162. The van der Waals surface area contributed by atoms with E-state index in [-0.39, 0.29) is 17.5 Å². The molecule has 17 heteroatoms.